The fourth-order valence-corrected chi connectivity index (χ4v) is 3.48. The van der Waals surface area contributed by atoms with Gasteiger partial charge in [0, 0.05) is 13.1 Å². The minimum Gasteiger partial charge on any atom is -0.481 e. The molecule has 2 rings (SSSR count). The molecule has 114 valence electrons. The van der Waals surface area contributed by atoms with E-state index in [-0.39, 0.29) is 11.8 Å². The Hall–Kier alpha value is -1.10. The van der Waals surface area contributed by atoms with Crippen LogP contribution in [0.5, 0.6) is 0 Å². The minimum atomic E-state index is -0.817. The second-order valence-electron chi connectivity index (χ2n) is 6.13. The summed E-state index contributed by atoms with van der Waals surface area (Å²) >= 11 is 0. The van der Waals surface area contributed by atoms with Gasteiger partial charge in [0.25, 0.3) is 0 Å². The number of aliphatic carboxylic acids is 1. The third-order valence-electron chi connectivity index (χ3n) is 4.80. The summed E-state index contributed by atoms with van der Waals surface area (Å²) in [5.41, 5.74) is 0. The SMILES string of the molecule is CCN1CCC(CNC(=O)C2CCCCC2C(=O)O)C1. The van der Waals surface area contributed by atoms with Crippen molar-refractivity contribution in [2.75, 3.05) is 26.2 Å². The van der Waals surface area contributed by atoms with Crippen LogP contribution in [0.25, 0.3) is 0 Å². The van der Waals surface area contributed by atoms with Gasteiger partial charge in [-0.2, -0.15) is 0 Å². The maximum atomic E-state index is 12.2. The largest absolute Gasteiger partial charge is 0.481 e. The summed E-state index contributed by atoms with van der Waals surface area (Å²) in [5, 5.41) is 12.2. The Morgan fingerprint density at radius 3 is 2.50 bits per heavy atom. The van der Waals surface area contributed by atoms with Crippen LogP contribution >= 0.6 is 0 Å². The molecule has 0 spiro atoms. The van der Waals surface area contributed by atoms with Crippen molar-refractivity contribution in [2.45, 2.75) is 39.0 Å². The van der Waals surface area contributed by atoms with Crippen LogP contribution in [0.2, 0.25) is 0 Å². The molecule has 0 aromatic carbocycles. The van der Waals surface area contributed by atoms with Gasteiger partial charge in [0.05, 0.1) is 11.8 Å². The van der Waals surface area contributed by atoms with Crippen molar-refractivity contribution in [1.82, 2.24) is 10.2 Å². The molecule has 5 nitrogen and oxygen atoms in total. The summed E-state index contributed by atoms with van der Waals surface area (Å²) in [6.45, 7) is 6.06. The molecule has 3 atom stereocenters. The molecule has 0 bridgehead atoms. The minimum absolute atomic E-state index is 0.0490. The van der Waals surface area contributed by atoms with Crippen LogP contribution in [-0.2, 0) is 9.59 Å². The molecular formula is C15H26N2O3. The molecule has 1 aliphatic heterocycles. The third-order valence-corrected chi connectivity index (χ3v) is 4.80. The number of carbonyl (C=O) groups excluding carboxylic acids is 1. The Morgan fingerprint density at radius 1 is 1.20 bits per heavy atom. The molecule has 1 amide bonds. The van der Waals surface area contributed by atoms with Crippen molar-refractivity contribution in [3.8, 4) is 0 Å². The topological polar surface area (TPSA) is 69.6 Å². The summed E-state index contributed by atoms with van der Waals surface area (Å²) in [5.74, 6) is -1.16. The number of amides is 1. The third kappa shape index (κ3) is 3.72. The number of rotatable bonds is 5. The Balaban J connectivity index is 1.80. The zero-order chi connectivity index (χ0) is 14.5. The molecule has 3 unspecified atom stereocenters. The predicted molar refractivity (Wildman–Crippen MR) is 76.3 cm³/mol. The lowest BCUT2D eigenvalue weighted by molar-refractivity contribution is -0.148. The van der Waals surface area contributed by atoms with Crippen molar-refractivity contribution in [3.63, 3.8) is 0 Å². The van der Waals surface area contributed by atoms with E-state index in [2.05, 4.69) is 17.1 Å². The number of nitrogens with zero attached hydrogens (tertiary/aromatic N) is 1. The van der Waals surface area contributed by atoms with Crippen LogP contribution in [0.15, 0.2) is 0 Å². The zero-order valence-corrected chi connectivity index (χ0v) is 12.3. The molecule has 0 aromatic rings. The summed E-state index contributed by atoms with van der Waals surface area (Å²) in [6.07, 6.45) is 4.37. The van der Waals surface area contributed by atoms with Gasteiger partial charge in [-0.1, -0.05) is 19.8 Å². The van der Waals surface area contributed by atoms with E-state index in [4.69, 9.17) is 0 Å². The molecule has 5 heteroatoms. The van der Waals surface area contributed by atoms with E-state index in [0.717, 1.165) is 38.9 Å². The van der Waals surface area contributed by atoms with Crippen molar-refractivity contribution in [2.24, 2.45) is 17.8 Å². The van der Waals surface area contributed by atoms with Gasteiger partial charge in [-0.15, -0.1) is 0 Å². The average Bonchev–Trinajstić information content (AvgIpc) is 2.92. The van der Waals surface area contributed by atoms with Gasteiger partial charge in [0.15, 0.2) is 0 Å². The van der Waals surface area contributed by atoms with E-state index in [1.165, 1.54) is 0 Å². The van der Waals surface area contributed by atoms with Crippen LogP contribution in [0, 0.1) is 17.8 Å². The van der Waals surface area contributed by atoms with Crippen LogP contribution in [-0.4, -0.2) is 48.1 Å². The van der Waals surface area contributed by atoms with Crippen molar-refractivity contribution in [1.29, 1.82) is 0 Å². The van der Waals surface area contributed by atoms with Gasteiger partial charge in [-0.3, -0.25) is 9.59 Å². The highest BCUT2D eigenvalue weighted by atomic mass is 16.4. The van der Waals surface area contributed by atoms with Crippen LogP contribution < -0.4 is 5.32 Å². The first-order valence-electron chi connectivity index (χ1n) is 7.84. The van der Waals surface area contributed by atoms with Crippen LogP contribution in [0.1, 0.15) is 39.0 Å². The summed E-state index contributed by atoms with van der Waals surface area (Å²) in [6, 6.07) is 0. The lowest BCUT2D eigenvalue weighted by Gasteiger charge is -2.27. The Bertz CT molecular complexity index is 359. The van der Waals surface area contributed by atoms with Gasteiger partial charge < -0.3 is 15.3 Å². The van der Waals surface area contributed by atoms with E-state index < -0.39 is 11.9 Å². The normalized spacial score (nSPS) is 31.1. The second kappa shape index (κ2) is 7.07. The first-order chi connectivity index (χ1) is 9.61. The smallest absolute Gasteiger partial charge is 0.307 e. The number of hydrogen-bond acceptors (Lipinski definition) is 3. The molecule has 0 aromatic heterocycles. The summed E-state index contributed by atoms with van der Waals surface area (Å²) in [7, 11) is 0. The molecule has 1 heterocycles. The quantitative estimate of drug-likeness (QED) is 0.798. The van der Waals surface area contributed by atoms with Crippen molar-refractivity contribution < 1.29 is 14.7 Å². The maximum Gasteiger partial charge on any atom is 0.307 e. The van der Waals surface area contributed by atoms with E-state index in [1.807, 2.05) is 0 Å². The van der Waals surface area contributed by atoms with Crippen LogP contribution in [0.3, 0.4) is 0 Å². The van der Waals surface area contributed by atoms with Gasteiger partial charge in [-0.25, -0.2) is 0 Å². The van der Waals surface area contributed by atoms with Gasteiger partial charge in [0.1, 0.15) is 0 Å². The number of hydrogen-bond donors (Lipinski definition) is 2. The first-order valence-corrected chi connectivity index (χ1v) is 7.84. The zero-order valence-electron chi connectivity index (χ0n) is 12.3. The number of nitrogens with one attached hydrogen (secondary N) is 1. The molecule has 2 fully saturated rings. The van der Waals surface area contributed by atoms with E-state index in [0.29, 0.717) is 25.3 Å². The van der Waals surface area contributed by atoms with E-state index >= 15 is 0 Å². The molecule has 1 saturated carbocycles. The molecular weight excluding hydrogens is 256 g/mol. The first kappa shape index (κ1) is 15.3. The van der Waals surface area contributed by atoms with Crippen molar-refractivity contribution in [3.05, 3.63) is 0 Å². The lowest BCUT2D eigenvalue weighted by atomic mass is 9.78. The molecule has 2 N–H and O–H groups in total. The molecule has 2 aliphatic rings. The van der Waals surface area contributed by atoms with Crippen LogP contribution in [0.4, 0.5) is 0 Å². The van der Waals surface area contributed by atoms with Crippen molar-refractivity contribution >= 4 is 11.9 Å². The molecule has 20 heavy (non-hydrogen) atoms. The Morgan fingerprint density at radius 2 is 1.90 bits per heavy atom. The maximum absolute atomic E-state index is 12.2. The Labute approximate surface area is 120 Å². The molecule has 1 saturated heterocycles. The number of carboxylic acid groups (broad SMARTS) is 1. The number of carbonyl (C=O) groups is 2. The highest BCUT2D eigenvalue weighted by Crippen LogP contribution is 2.30. The van der Waals surface area contributed by atoms with E-state index in [9.17, 15) is 14.7 Å². The van der Waals surface area contributed by atoms with Gasteiger partial charge in [0.2, 0.25) is 5.91 Å². The van der Waals surface area contributed by atoms with Gasteiger partial charge in [-0.05, 0) is 38.3 Å². The summed E-state index contributed by atoms with van der Waals surface area (Å²) < 4.78 is 0. The van der Waals surface area contributed by atoms with E-state index in [1.54, 1.807) is 0 Å². The number of likely N-dealkylation sites (tertiary alicyclic amines) is 1. The Kier molecular flexibility index (Phi) is 5.40. The van der Waals surface area contributed by atoms with Gasteiger partial charge >= 0.3 is 5.97 Å². The second-order valence-corrected chi connectivity index (χ2v) is 6.13. The monoisotopic (exact) mass is 282 g/mol. The fraction of sp³-hybridized carbons (Fsp3) is 0.867. The lowest BCUT2D eigenvalue weighted by Crippen LogP contribution is -2.41. The molecule has 1 aliphatic carbocycles. The highest BCUT2D eigenvalue weighted by molar-refractivity contribution is 5.84. The summed E-state index contributed by atoms with van der Waals surface area (Å²) in [4.78, 5) is 25.8. The highest BCUT2D eigenvalue weighted by Gasteiger charge is 2.35. The fourth-order valence-electron chi connectivity index (χ4n) is 3.48. The standard InChI is InChI=1S/C15H26N2O3/c1-2-17-8-7-11(10-17)9-16-14(18)12-5-3-4-6-13(12)15(19)20/h11-13H,2-10H2,1H3,(H,16,18)(H,19,20). The average molecular weight is 282 g/mol. The molecule has 0 radical (unpaired) electrons. The number of carboxylic acids is 1. The predicted octanol–water partition coefficient (Wildman–Crippen LogP) is 1.34.